The van der Waals surface area contributed by atoms with Gasteiger partial charge in [-0.2, -0.15) is 4.98 Å². The average Bonchev–Trinajstić information content (AvgIpc) is 3.33. The Bertz CT molecular complexity index is 1520. The van der Waals surface area contributed by atoms with Gasteiger partial charge in [0.05, 0.1) is 11.1 Å². The third kappa shape index (κ3) is 4.01. The predicted molar refractivity (Wildman–Crippen MR) is 125 cm³/mol. The lowest BCUT2D eigenvalue weighted by atomic mass is 10.1. The Morgan fingerprint density at radius 2 is 1.82 bits per heavy atom. The summed E-state index contributed by atoms with van der Waals surface area (Å²) in [7, 11) is 0. The van der Waals surface area contributed by atoms with Gasteiger partial charge in [-0.25, -0.2) is 0 Å². The summed E-state index contributed by atoms with van der Waals surface area (Å²) in [6.07, 6.45) is 1.64. The predicted octanol–water partition coefficient (Wildman–Crippen LogP) is 4.06. The molecule has 0 radical (unpaired) electrons. The van der Waals surface area contributed by atoms with Gasteiger partial charge in [-0.05, 0) is 36.8 Å². The molecule has 5 aromatic rings. The molecule has 0 aliphatic heterocycles. The first kappa shape index (κ1) is 20.3. The number of benzene rings is 2. The number of carbonyl (C=O) groups is 1. The minimum atomic E-state index is -0.346. The van der Waals surface area contributed by atoms with Crippen molar-refractivity contribution in [3.63, 3.8) is 0 Å². The maximum atomic E-state index is 13.0. The number of aromatic nitrogens is 4. The van der Waals surface area contributed by atoms with Crippen LogP contribution in [-0.4, -0.2) is 25.6 Å². The van der Waals surface area contributed by atoms with Gasteiger partial charge in [0.1, 0.15) is 12.2 Å². The largest absolute Gasteiger partial charge is 0.334 e. The molecule has 8 heteroatoms. The van der Waals surface area contributed by atoms with Crippen molar-refractivity contribution >= 4 is 22.5 Å². The molecule has 3 heterocycles. The molecule has 0 fully saturated rings. The van der Waals surface area contributed by atoms with E-state index in [9.17, 15) is 9.59 Å². The molecule has 8 nitrogen and oxygen atoms in total. The van der Waals surface area contributed by atoms with Crippen molar-refractivity contribution < 1.29 is 9.32 Å². The van der Waals surface area contributed by atoms with Gasteiger partial charge in [0, 0.05) is 23.3 Å². The monoisotopic (exact) mass is 437 g/mol. The molecule has 0 aliphatic carbocycles. The van der Waals surface area contributed by atoms with Crippen molar-refractivity contribution in [3.8, 4) is 23.0 Å². The summed E-state index contributed by atoms with van der Waals surface area (Å²) < 4.78 is 6.89. The van der Waals surface area contributed by atoms with Crippen molar-refractivity contribution in [2.45, 2.75) is 13.5 Å². The Balaban J connectivity index is 1.52. The van der Waals surface area contributed by atoms with Crippen LogP contribution in [0.5, 0.6) is 0 Å². The Kier molecular flexibility index (Phi) is 5.24. The second-order valence-corrected chi connectivity index (χ2v) is 7.50. The van der Waals surface area contributed by atoms with Gasteiger partial charge in [-0.15, -0.1) is 0 Å². The first-order chi connectivity index (χ1) is 16.1. The molecular formula is C25H19N5O3. The van der Waals surface area contributed by atoms with E-state index in [0.717, 1.165) is 10.9 Å². The number of amides is 1. The number of nitrogens with zero attached hydrogens (tertiary/aromatic N) is 4. The Labute approximate surface area is 188 Å². The van der Waals surface area contributed by atoms with Gasteiger partial charge >= 0.3 is 0 Å². The molecule has 33 heavy (non-hydrogen) atoms. The second kappa shape index (κ2) is 8.51. The maximum Gasteiger partial charge on any atom is 0.259 e. The Morgan fingerprint density at radius 1 is 1.03 bits per heavy atom. The van der Waals surface area contributed by atoms with E-state index in [2.05, 4.69) is 20.4 Å². The van der Waals surface area contributed by atoms with Crippen LogP contribution in [0.15, 0.2) is 88.3 Å². The summed E-state index contributed by atoms with van der Waals surface area (Å²) in [5.74, 6) is 0.247. The zero-order valence-electron chi connectivity index (χ0n) is 17.7. The molecule has 162 valence electrons. The first-order valence-electron chi connectivity index (χ1n) is 10.3. The minimum Gasteiger partial charge on any atom is -0.334 e. The van der Waals surface area contributed by atoms with Gasteiger partial charge in [0.25, 0.3) is 11.4 Å². The van der Waals surface area contributed by atoms with E-state index in [0.29, 0.717) is 28.3 Å². The highest BCUT2D eigenvalue weighted by Gasteiger charge is 2.18. The summed E-state index contributed by atoms with van der Waals surface area (Å²) in [4.78, 5) is 34.4. The van der Waals surface area contributed by atoms with Crippen LogP contribution in [0.4, 0.5) is 5.69 Å². The number of hydrogen-bond acceptors (Lipinski definition) is 6. The lowest BCUT2D eigenvalue weighted by Crippen LogP contribution is -2.28. The number of fused-ring (bicyclic) bond motifs is 1. The molecule has 0 aliphatic rings. The van der Waals surface area contributed by atoms with Crippen LogP contribution in [0.2, 0.25) is 0 Å². The van der Waals surface area contributed by atoms with Crippen LogP contribution in [0.25, 0.3) is 33.9 Å². The molecule has 0 saturated heterocycles. The maximum absolute atomic E-state index is 13.0. The second-order valence-electron chi connectivity index (χ2n) is 7.50. The first-order valence-corrected chi connectivity index (χ1v) is 10.3. The number of rotatable bonds is 5. The fourth-order valence-corrected chi connectivity index (χ4v) is 3.65. The quantitative estimate of drug-likeness (QED) is 0.445. The fraction of sp³-hybridized carbons (Fsp3) is 0.0800. The molecule has 5 rings (SSSR count). The average molecular weight is 437 g/mol. The van der Waals surface area contributed by atoms with Gasteiger partial charge < -0.3 is 9.84 Å². The Hall–Kier alpha value is -4.59. The molecule has 1 N–H and O–H groups in total. The molecule has 3 aromatic heterocycles. The highest BCUT2D eigenvalue weighted by molar-refractivity contribution is 5.95. The summed E-state index contributed by atoms with van der Waals surface area (Å²) in [6.45, 7) is 1.78. The van der Waals surface area contributed by atoms with Crippen molar-refractivity contribution in [2.75, 3.05) is 5.32 Å². The number of hydrogen-bond donors (Lipinski definition) is 1. The fourth-order valence-electron chi connectivity index (χ4n) is 3.65. The Morgan fingerprint density at radius 3 is 2.64 bits per heavy atom. The normalized spacial score (nSPS) is 10.9. The van der Waals surface area contributed by atoms with Crippen LogP contribution in [-0.2, 0) is 11.3 Å². The zero-order valence-corrected chi connectivity index (χ0v) is 17.7. The molecule has 0 atom stereocenters. The molecular weight excluding hydrogens is 418 g/mol. The molecule has 1 amide bonds. The molecule has 0 unspecified atom stereocenters. The molecule has 0 spiro atoms. The van der Waals surface area contributed by atoms with Crippen LogP contribution in [0.3, 0.4) is 0 Å². The number of pyridine rings is 2. The third-order valence-corrected chi connectivity index (χ3v) is 5.29. The summed E-state index contributed by atoms with van der Waals surface area (Å²) >= 11 is 0. The lowest BCUT2D eigenvalue weighted by molar-refractivity contribution is -0.116. The lowest BCUT2D eigenvalue weighted by Gasteiger charge is -2.13. The molecule has 0 saturated carbocycles. The van der Waals surface area contributed by atoms with E-state index in [4.69, 9.17) is 4.52 Å². The highest BCUT2D eigenvalue weighted by atomic mass is 16.5. The van der Waals surface area contributed by atoms with Crippen molar-refractivity contribution in [1.29, 1.82) is 0 Å². The van der Waals surface area contributed by atoms with Crippen LogP contribution >= 0.6 is 0 Å². The number of anilines is 1. The van der Waals surface area contributed by atoms with E-state index in [1.807, 2.05) is 55.5 Å². The van der Waals surface area contributed by atoms with E-state index in [-0.39, 0.29) is 23.9 Å². The topological polar surface area (TPSA) is 103 Å². The molecule has 2 aromatic carbocycles. The van der Waals surface area contributed by atoms with E-state index < -0.39 is 0 Å². The number of para-hydroxylation sites is 2. The standard InChI is InChI=1S/C25H19N5O3/c1-16-8-2-4-10-19(16)27-22(31)15-30-21-12-5-3-9-17(21)18(14-23(30)32)25-28-24(29-33-25)20-11-6-7-13-26-20/h2-14H,15H2,1H3,(H,27,31). The summed E-state index contributed by atoms with van der Waals surface area (Å²) in [5.41, 5.74) is 2.97. The zero-order chi connectivity index (χ0) is 22.8. The van der Waals surface area contributed by atoms with Crippen LogP contribution < -0.4 is 10.9 Å². The third-order valence-electron chi connectivity index (χ3n) is 5.29. The SMILES string of the molecule is Cc1ccccc1NC(=O)Cn1c(=O)cc(-c2nc(-c3ccccn3)no2)c2ccccc21. The minimum absolute atomic E-state index is 0.128. The smallest absolute Gasteiger partial charge is 0.259 e. The number of nitrogens with one attached hydrogen (secondary N) is 1. The van der Waals surface area contributed by atoms with Crippen molar-refractivity contribution in [3.05, 3.63) is 94.9 Å². The van der Waals surface area contributed by atoms with Gasteiger partial charge in [-0.3, -0.25) is 19.1 Å². The van der Waals surface area contributed by atoms with Gasteiger partial charge in [0.2, 0.25) is 11.7 Å². The van der Waals surface area contributed by atoms with Crippen LogP contribution in [0, 0.1) is 6.92 Å². The number of aryl methyl sites for hydroxylation is 1. The van der Waals surface area contributed by atoms with Crippen molar-refractivity contribution in [1.82, 2.24) is 19.7 Å². The number of carbonyl (C=O) groups excluding carboxylic acids is 1. The van der Waals surface area contributed by atoms with E-state index in [1.165, 1.54) is 10.6 Å². The molecule has 0 bridgehead atoms. The highest BCUT2D eigenvalue weighted by Crippen LogP contribution is 2.27. The van der Waals surface area contributed by atoms with E-state index >= 15 is 0 Å². The van der Waals surface area contributed by atoms with Gasteiger partial charge in [0.15, 0.2) is 0 Å². The van der Waals surface area contributed by atoms with Crippen molar-refractivity contribution in [2.24, 2.45) is 0 Å². The summed E-state index contributed by atoms with van der Waals surface area (Å²) in [5, 5.41) is 7.60. The summed E-state index contributed by atoms with van der Waals surface area (Å²) in [6, 6.07) is 21.6. The van der Waals surface area contributed by atoms with E-state index in [1.54, 1.807) is 24.4 Å². The van der Waals surface area contributed by atoms with Gasteiger partial charge in [-0.1, -0.05) is 47.6 Å². The van der Waals surface area contributed by atoms with Crippen LogP contribution in [0.1, 0.15) is 5.56 Å².